The van der Waals surface area contributed by atoms with E-state index in [2.05, 4.69) is 17.2 Å². The number of carbonyl (C=O) groups is 1. The van der Waals surface area contributed by atoms with Crippen LogP contribution in [0, 0.1) is 23.7 Å². The van der Waals surface area contributed by atoms with E-state index in [4.69, 9.17) is 5.11 Å². The van der Waals surface area contributed by atoms with Crippen LogP contribution in [0.5, 0.6) is 0 Å². The Morgan fingerprint density at radius 3 is 3.11 bits per heavy atom. The summed E-state index contributed by atoms with van der Waals surface area (Å²) in [5.74, 6) is 6.80. The van der Waals surface area contributed by atoms with Crippen LogP contribution >= 0.6 is 11.3 Å². The summed E-state index contributed by atoms with van der Waals surface area (Å²) < 4.78 is 0. The van der Waals surface area contributed by atoms with Crippen molar-refractivity contribution in [3.63, 3.8) is 0 Å². The summed E-state index contributed by atoms with van der Waals surface area (Å²) in [4.78, 5) is 13.0. The van der Waals surface area contributed by atoms with Gasteiger partial charge in [0.15, 0.2) is 0 Å². The second-order valence-electron chi connectivity index (χ2n) is 4.88. The fourth-order valence-electron chi connectivity index (χ4n) is 1.94. The zero-order valence-electron chi connectivity index (χ0n) is 11.1. The van der Waals surface area contributed by atoms with Gasteiger partial charge in [0.1, 0.15) is 0 Å². The SMILES string of the molecule is CC(C(=O)NCc1sccc1C#CCCO)C1CC1. The number of thiophene rings is 1. The number of rotatable bonds is 5. The van der Waals surface area contributed by atoms with Gasteiger partial charge in [-0.1, -0.05) is 18.8 Å². The summed E-state index contributed by atoms with van der Waals surface area (Å²) in [7, 11) is 0. The van der Waals surface area contributed by atoms with E-state index in [-0.39, 0.29) is 18.4 Å². The highest BCUT2D eigenvalue weighted by atomic mass is 32.1. The predicted molar refractivity (Wildman–Crippen MR) is 76.6 cm³/mol. The van der Waals surface area contributed by atoms with Crippen molar-refractivity contribution in [1.29, 1.82) is 0 Å². The lowest BCUT2D eigenvalue weighted by Gasteiger charge is -2.10. The molecule has 1 aliphatic rings. The number of hydrogen-bond donors (Lipinski definition) is 2. The van der Waals surface area contributed by atoms with Crippen molar-refractivity contribution in [3.8, 4) is 11.8 Å². The maximum absolute atomic E-state index is 11.9. The van der Waals surface area contributed by atoms with Crippen LogP contribution in [-0.2, 0) is 11.3 Å². The van der Waals surface area contributed by atoms with Crippen LogP contribution in [0.3, 0.4) is 0 Å². The van der Waals surface area contributed by atoms with Gasteiger partial charge >= 0.3 is 0 Å². The largest absolute Gasteiger partial charge is 0.395 e. The molecule has 102 valence electrons. The molecule has 0 spiro atoms. The molecule has 2 N–H and O–H groups in total. The van der Waals surface area contributed by atoms with Gasteiger partial charge in [-0.3, -0.25) is 4.79 Å². The Balaban J connectivity index is 1.87. The molecule has 2 rings (SSSR count). The summed E-state index contributed by atoms with van der Waals surface area (Å²) in [5, 5.41) is 13.7. The molecule has 1 unspecified atom stereocenters. The Bertz CT molecular complexity index is 494. The molecule has 0 saturated heterocycles. The van der Waals surface area contributed by atoms with Crippen molar-refractivity contribution in [3.05, 3.63) is 21.9 Å². The van der Waals surface area contributed by atoms with Crippen LogP contribution in [0.4, 0.5) is 0 Å². The minimum Gasteiger partial charge on any atom is -0.395 e. The minimum absolute atomic E-state index is 0.0854. The number of aliphatic hydroxyl groups excluding tert-OH is 1. The third-order valence-electron chi connectivity index (χ3n) is 3.37. The fraction of sp³-hybridized carbons (Fsp3) is 0.533. The molecule has 19 heavy (non-hydrogen) atoms. The summed E-state index contributed by atoms with van der Waals surface area (Å²) in [6.45, 7) is 2.64. The van der Waals surface area contributed by atoms with Gasteiger partial charge in [-0.05, 0) is 30.2 Å². The van der Waals surface area contributed by atoms with Crippen molar-refractivity contribution < 1.29 is 9.90 Å². The molecule has 0 radical (unpaired) electrons. The maximum Gasteiger partial charge on any atom is 0.223 e. The zero-order valence-corrected chi connectivity index (χ0v) is 11.9. The Hall–Kier alpha value is -1.31. The fourth-order valence-corrected chi connectivity index (χ4v) is 2.71. The lowest BCUT2D eigenvalue weighted by molar-refractivity contribution is -0.125. The highest BCUT2D eigenvalue weighted by Gasteiger charge is 2.32. The van der Waals surface area contributed by atoms with E-state index in [1.165, 1.54) is 12.8 Å². The average Bonchev–Trinajstić information content (AvgIpc) is 3.17. The third-order valence-corrected chi connectivity index (χ3v) is 4.29. The summed E-state index contributed by atoms with van der Waals surface area (Å²) in [6, 6.07) is 1.96. The summed E-state index contributed by atoms with van der Waals surface area (Å²) in [5.41, 5.74) is 0.956. The van der Waals surface area contributed by atoms with Gasteiger partial charge in [-0.25, -0.2) is 0 Å². The summed E-state index contributed by atoms with van der Waals surface area (Å²) in [6.07, 6.45) is 2.86. The molecule has 1 saturated carbocycles. The predicted octanol–water partition coefficient (Wildman–Crippen LogP) is 2.14. The zero-order chi connectivity index (χ0) is 13.7. The van der Waals surface area contributed by atoms with E-state index in [1.54, 1.807) is 11.3 Å². The minimum atomic E-state index is 0.0854. The number of hydrogen-bond acceptors (Lipinski definition) is 3. The first-order valence-corrected chi connectivity index (χ1v) is 7.54. The smallest absolute Gasteiger partial charge is 0.223 e. The molecular weight excluding hydrogens is 258 g/mol. The van der Waals surface area contributed by atoms with Crippen molar-refractivity contribution in [2.45, 2.75) is 32.7 Å². The van der Waals surface area contributed by atoms with E-state index >= 15 is 0 Å². The van der Waals surface area contributed by atoms with Gasteiger partial charge in [0.2, 0.25) is 5.91 Å². The monoisotopic (exact) mass is 277 g/mol. The normalized spacial score (nSPS) is 15.5. The number of nitrogens with one attached hydrogen (secondary N) is 1. The van der Waals surface area contributed by atoms with E-state index in [0.717, 1.165) is 10.4 Å². The molecule has 4 heteroatoms. The lowest BCUT2D eigenvalue weighted by Crippen LogP contribution is -2.29. The highest BCUT2D eigenvalue weighted by Crippen LogP contribution is 2.36. The maximum atomic E-state index is 11.9. The van der Waals surface area contributed by atoms with Crippen molar-refractivity contribution in [1.82, 2.24) is 5.32 Å². The number of aliphatic hydroxyl groups is 1. The Labute approximate surface area is 118 Å². The van der Waals surface area contributed by atoms with Crippen LogP contribution < -0.4 is 5.32 Å². The van der Waals surface area contributed by atoms with Gasteiger partial charge in [0.05, 0.1) is 13.2 Å². The van der Waals surface area contributed by atoms with Crippen molar-refractivity contribution in [2.75, 3.05) is 6.61 Å². The van der Waals surface area contributed by atoms with Crippen LogP contribution in [0.15, 0.2) is 11.4 Å². The van der Waals surface area contributed by atoms with Crippen molar-refractivity contribution >= 4 is 17.2 Å². The Morgan fingerprint density at radius 2 is 2.42 bits per heavy atom. The summed E-state index contributed by atoms with van der Waals surface area (Å²) >= 11 is 1.61. The van der Waals surface area contributed by atoms with Gasteiger partial charge in [-0.15, -0.1) is 11.3 Å². The topological polar surface area (TPSA) is 49.3 Å². The molecule has 3 nitrogen and oxygen atoms in total. The first-order chi connectivity index (χ1) is 9.22. The van der Waals surface area contributed by atoms with E-state index in [1.807, 2.05) is 18.4 Å². The molecule has 1 aromatic heterocycles. The van der Waals surface area contributed by atoms with Crippen molar-refractivity contribution in [2.24, 2.45) is 11.8 Å². The second kappa shape index (κ2) is 6.74. The van der Waals surface area contributed by atoms with E-state index in [9.17, 15) is 4.79 Å². The molecule has 1 aliphatic carbocycles. The molecule has 1 atom stereocenters. The number of carbonyl (C=O) groups excluding carboxylic acids is 1. The first kappa shape index (κ1) is 14.1. The first-order valence-electron chi connectivity index (χ1n) is 6.66. The van der Waals surface area contributed by atoms with Gasteiger partial charge in [-0.2, -0.15) is 0 Å². The number of amides is 1. The van der Waals surface area contributed by atoms with Gasteiger partial charge in [0, 0.05) is 22.8 Å². The Morgan fingerprint density at radius 1 is 1.63 bits per heavy atom. The molecule has 1 aromatic rings. The van der Waals surface area contributed by atoms with Gasteiger partial charge in [0.25, 0.3) is 0 Å². The average molecular weight is 277 g/mol. The van der Waals surface area contributed by atoms with E-state index in [0.29, 0.717) is 18.9 Å². The lowest BCUT2D eigenvalue weighted by atomic mass is 10.1. The van der Waals surface area contributed by atoms with Crippen LogP contribution in [0.1, 0.15) is 36.6 Å². The van der Waals surface area contributed by atoms with E-state index < -0.39 is 0 Å². The molecule has 1 heterocycles. The molecular formula is C15H19NO2S. The quantitative estimate of drug-likeness (QED) is 0.810. The van der Waals surface area contributed by atoms with Crippen LogP contribution in [-0.4, -0.2) is 17.6 Å². The molecule has 0 aliphatic heterocycles. The second-order valence-corrected chi connectivity index (χ2v) is 5.88. The van der Waals surface area contributed by atoms with Crippen LogP contribution in [0.25, 0.3) is 0 Å². The third kappa shape index (κ3) is 4.09. The Kier molecular flexibility index (Phi) is 5.00. The molecule has 1 fully saturated rings. The molecule has 0 aromatic carbocycles. The standard InChI is InChI=1S/C15H19NO2S/c1-11(12-5-6-12)15(18)16-10-14-13(7-9-19-14)4-2-3-8-17/h7,9,11-12,17H,3,5-6,8,10H2,1H3,(H,16,18). The van der Waals surface area contributed by atoms with Gasteiger partial charge < -0.3 is 10.4 Å². The van der Waals surface area contributed by atoms with Crippen LogP contribution in [0.2, 0.25) is 0 Å². The highest BCUT2D eigenvalue weighted by molar-refractivity contribution is 7.10. The molecule has 0 bridgehead atoms. The molecule has 1 amide bonds.